The van der Waals surface area contributed by atoms with Crippen LogP contribution in [0.2, 0.25) is 0 Å². The van der Waals surface area contributed by atoms with E-state index in [1.165, 1.54) is 32.8 Å². The van der Waals surface area contributed by atoms with Crippen molar-refractivity contribution in [1.82, 2.24) is 9.78 Å². The van der Waals surface area contributed by atoms with Gasteiger partial charge < -0.3 is 24.8 Å². The molecule has 1 heterocycles. The van der Waals surface area contributed by atoms with Gasteiger partial charge in [0.15, 0.2) is 0 Å². The summed E-state index contributed by atoms with van der Waals surface area (Å²) in [6.07, 6.45) is 2.07. The van der Waals surface area contributed by atoms with Gasteiger partial charge in [-0.2, -0.15) is 27.9 Å². The van der Waals surface area contributed by atoms with E-state index in [4.69, 9.17) is 0 Å². The van der Waals surface area contributed by atoms with Gasteiger partial charge in [-0.1, -0.05) is 45.0 Å². The van der Waals surface area contributed by atoms with Crippen LogP contribution in [-0.2, 0) is 26.2 Å². The van der Waals surface area contributed by atoms with Crippen LogP contribution in [0.15, 0.2) is 79.0 Å². The van der Waals surface area contributed by atoms with E-state index in [0.29, 0.717) is 0 Å². The van der Waals surface area contributed by atoms with Gasteiger partial charge in [0.25, 0.3) is 0 Å². The SMILES string of the molecule is Cc1cc[c-](C)c1C.[Cl-].[Cl-].[Zr+4].c1ccc2[cH-]c(-n3cc4ccccc4n3)cc2c1. The third-order valence-electron chi connectivity index (χ3n) is 5.05. The predicted octanol–water partition coefficient (Wildman–Crippen LogP) is 0.234. The Hall–Kier alpha value is -1.67. The number of benzene rings is 2. The molecular weight excluding hydrogens is 478 g/mol. The summed E-state index contributed by atoms with van der Waals surface area (Å²) in [5.41, 5.74) is 6.39. The third kappa shape index (κ3) is 5.48. The van der Waals surface area contributed by atoms with Crippen LogP contribution in [0.4, 0.5) is 0 Å². The Morgan fingerprint density at radius 3 is 2.10 bits per heavy atom. The Morgan fingerprint density at radius 1 is 0.897 bits per heavy atom. The topological polar surface area (TPSA) is 17.8 Å². The van der Waals surface area contributed by atoms with E-state index in [9.17, 15) is 0 Å². The summed E-state index contributed by atoms with van der Waals surface area (Å²) < 4.78 is 1.95. The average Bonchev–Trinajstić information content (AvgIpc) is 3.35. The number of halogens is 2. The fraction of sp³-hybridized carbons (Fsp3) is 0.125. The molecule has 0 aliphatic heterocycles. The van der Waals surface area contributed by atoms with E-state index >= 15 is 0 Å². The van der Waals surface area contributed by atoms with E-state index in [0.717, 1.165) is 11.2 Å². The maximum Gasteiger partial charge on any atom is 4.00 e. The molecule has 1 aromatic heterocycles. The monoisotopic (exact) mass is 498 g/mol. The van der Waals surface area contributed by atoms with Crippen molar-refractivity contribution in [3.05, 3.63) is 95.7 Å². The fourth-order valence-corrected chi connectivity index (χ4v) is 3.17. The van der Waals surface area contributed by atoms with Gasteiger partial charge in [-0.15, -0.1) is 41.1 Å². The van der Waals surface area contributed by atoms with Gasteiger partial charge in [0, 0.05) is 11.6 Å². The molecule has 146 valence electrons. The van der Waals surface area contributed by atoms with Crippen LogP contribution in [0, 0.1) is 20.8 Å². The largest absolute Gasteiger partial charge is 4.00 e. The zero-order chi connectivity index (χ0) is 18.1. The summed E-state index contributed by atoms with van der Waals surface area (Å²) in [6.45, 7) is 6.44. The summed E-state index contributed by atoms with van der Waals surface area (Å²) in [4.78, 5) is 0. The van der Waals surface area contributed by atoms with Gasteiger partial charge in [0.05, 0.1) is 5.52 Å². The first-order valence-electron chi connectivity index (χ1n) is 8.91. The Bertz CT molecular complexity index is 1030. The molecular formula is C24H22Cl2N2Zr. The van der Waals surface area contributed by atoms with E-state index < -0.39 is 0 Å². The Balaban J connectivity index is 0.000000332. The number of nitrogens with zero attached hydrogens (tertiary/aromatic N) is 2. The normalized spacial score (nSPS) is 9.76. The molecule has 0 saturated heterocycles. The molecule has 0 N–H and O–H groups in total. The maximum absolute atomic E-state index is 4.59. The van der Waals surface area contributed by atoms with Gasteiger partial charge in [-0.25, -0.2) is 6.07 Å². The summed E-state index contributed by atoms with van der Waals surface area (Å²) in [5, 5.41) is 8.28. The minimum absolute atomic E-state index is 0. The number of hydrogen-bond donors (Lipinski definition) is 0. The smallest absolute Gasteiger partial charge is 1.00 e. The van der Waals surface area contributed by atoms with E-state index in [1.54, 1.807) is 0 Å². The quantitative estimate of drug-likeness (QED) is 0.302. The second-order valence-electron chi connectivity index (χ2n) is 6.80. The van der Waals surface area contributed by atoms with Gasteiger partial charge in [0.1, 0.15) is 0 Å². The Kier molecular flexibility index (Phi) is 9.56. The van der Waals surface area contributed by atoms with Crippen molar-refractivity contribution in [2.24, 2.45) is 0 Å². The molecule has 0 fully saturated rings. The number of rotatable bonds is 1. The first-order chi connectivity index (χ1) is 12.6. The first-order valence-corrected chi connectivity index (χ1v) is 8.91. The van der Waals surface area contributed by atoms with Crippen molar-refractivity contribution >= 4 is 21.7 Å². The second kappa shape index (κ2) is 10.9. The number of aryl methyl sites for hydroxylation is 2. The second-order valence-corrected chi connectivity index (χ2v) is 6.80. The molecule has 0 radical (unpaired) electrons. The molecule has 0 aliphatic carbocycles. The Morgan fingerprint density at radius 2 is 1.55 bits per heavy atom. The molecule has 5 rings (SSSR count). The van der Waals surface area contributed by atoms with Crippen LogP contribution < -0.4 is 24.8 Å². The first kappa shape index (κ1) is 25.4. The standard InChI is InChI=1S/C16H11N2.C8H11.2ClH.Zr/c1-2-6-13-10-15(9-12(13)5-1)18-11-14-7-3-4-8-16(14)17-18;1-6-4-5-7(2)8(6)3;;;/h1-11H;4-5H,1-3H3;2*1H;/q2*-1;;;+4/p-2. The van der Waals surface area contributed by atoms with Crippen molar-refractivity contribution in [2.45, 2.75) is 20.8 Å². The van der Waals surface area contributed by atoms with Crippen LogP contribution >= 0.6 is 0 Å². The average molecular weight is 501 g/mol. The molecule has 0 atom stereocenters. The number of fused-ring (bicyclic) bond motifs is 2. The molecule has 2 nitrogen and oxygen atoms in total. The fourth-order valence-electron chi connectivity index (χ4n) is 3.17. The molecule has 0 bridgehead atoms. The molecule has 5 aromatic rings. The van der Waals surface area contributed by atoms with Crippen LogP contribution in [0.5, 0.6) is 0 Å². The molecule has 5 heteroatoms. The van der Waals surface area contributed by atoms with Crippen molar-refractivity contribution in [3.63, 3.8) is 0 Å². The minimum Gasteiger partial charge on any atom is -1.00 e. The molecule has 0 unspecified atom stereocenters. The molecule has 0 aliphatic rings. The minimum atomic E-state index is 0. The number of hydrogen-bond acceptors (Lipinski definition) is 1. The predicted molar refractivity (Wildman–Crippen MR) is 110 cm³/mol. The van der Waals surface area contributed by atoms with E-state index in [-0.39, 0.29) is 51.0 Å². The van der Waals surface area contributed by atoms with Gasteiger partial charge in [0.2, 0.25) is 0 Å². The van der Waals surface area contributed by atoms with Crippen LogP contribution in [0.3, 0.4) is 0 Å². The maximum atomic E-state index is 4.59. The molecule has 0 amide bonds. The van der Waals surface area contributed by atoms with Crippen LogP contribution in [0.1, 0.15) is 16.7 Å². The van der Waals surface area contributed by atoms with Crippen molar-refractivity contribution < 1.29 is 51.0 Å². The Labute approximate surface area is 203 Å². The summed E-state index contributed by atoms with van der Waals surface area (Å²) in [6, 6.07) is 25.2. The zero-order valence-electron chi connectivity index (χ0n) is 16.7. The van der Waals surface area contributed by atoms with E-state index in [2.05, 4.69) is 86.7 Å². The van der Waals surface area contributed by atoms with Crippen LogP contribution in [-0.4, -0.2) is 9.78 Å². The summed E-state index contributed by atoms with van der Waals surface area (Å²) >= 11 is 0. The number of aromatic nitrogens is 2. The third-order valence-corrected chi connectivity index (χ3v) is 5.05. The van der Waals surface area contributed by atoms with E-state index in [1.807, 2.05) is 22.9 Å². The summed E-state index contributed by atoms with van der Waals surface area (Å²) in [5.74, 6) is 0. The zero-order valence-corrected chi connectivity index (χ0v) is 20.6. The summed E-state index contributed by atoms with van der Waals surface area (Å²) in [7, 11) is 0. The van der Waals surface area contributed by atoms with Crippen LogP contribution in [0.25, 0.3) is 27.4 Å². The molecule has 0 saturated carbocycles. The molecule has 0 spiro atoms. The van der Waals surface area contributed by atoms with Gasteiger partial charge in [-0.05, 0) is 11.8 Å². The van der Waals surface area contributed by atoms with Crippen molar-refractivity contribution in [2.75, 3.05) is 0 Å². The van der Waals surface area contributed by atoms with Gasteiger partial charge in [-0.3, -0.25) is 4.68 Å². The van der Waals surface area contributed by atoms with Gasteiger partial charge >= 0.3 is 26.2 Å². The molecule has 4 aromatic carbocycles. The molecule has 29 heavy (non-hydrogen) atoms. The van der Waals surface area contributed by atoms with Crippen molar-refractivity contribution in [3.8, 4) is 5.69 Å². The van der Waals surface area contributed by atoms with Crippen molar-refractivity contribution in [1.29, 1.82) is 0 Å².